The summed E-state index contributed by atoms with van der Waals surface area (Å²) in [6.45, 7) is 14.9. The van der Waals surface area contributed by atoms with Crippen molar-refractivity contribution in [3.63, 3.8) is 0 Å². The summed E-state index contributed by atoms with van der Waals surface area (Å²) in [6.07, 6.45) is 0. The highest BCUT2D eigenvalue weighted by Gasteiger charge is 2.50. The Balaban J connectivity index is 2.42. The van der Waals surface area contributed by atoms with E-state index in [2.05, 4.69) is 52.2 Å². The zero-order valence-electron chi connectivity index (χ0n) is 12.0. The van der Waals surface area contributed by atoms with E-state index in [1.165, 1.54) is 9.75 Å². The molecule has 0 N–H and O–H groups in total. The third-order valence-corrected chi connectivity index (χ3v) is 25.1. The molecule has 0 saturated carbocycles. The lowest BCUT2D eigenvalue weighted by molar-refractivity contribution is 1.63. The van der Waals surface area contributed by atoms with Gasteiger partial charge in [0.2, 0.25) is 0 Å². The van der Waals surface area contributed by atoms with E-state index in [9.17, 15) is 0 Å². The molecular weight excluding hydrogens is 288 g/mol. The van der Waals surface area contributed by atoms with Gasteiger partial charge in [0, 0.05) is 19.5 Å². The minimum atomic E-state index is -1.30. The second-order valence-corrected chi connectivity index (χ2v) is 24.0. The molecule has 4 heteroatoms. The van der Waals surface area contributed by atoms with Crippen LogP contribution in [0.15, 0.2) is 12.1 Å². The highest BCUT2D eigenvalue weighted by Crippen LogP contribution is 2.40. The minimum absolute atomic E-state index is 1.30. The van der Waals surface area contributed by atoms with E-state index in [-0.39, 0.29) is 0 Å². The molecule has 3 heterocycles. The van der Waals surface area contributed by atoms with Crippen LogP contribution in [0.1, 0.15) is 9.75 Å². The summed E-state index contributed by atoms with van der Waals surface area (Å²) in [5.41, 5.74) is 0. The van der Waals surface area contributed by atoms with Gasteiger partial charge < -0.3 is 0 Å². The number of thiophene rings is 2. The van der Waals surface area contributed by atoms with Gasteiger partial charge in [-0.25, -0.2) is 0 Å². The minimum Gasteiger partial charge on any atom is -0.140 e. The van der Waals surface area contributed by atoms with Gasteiger partial charge in [0.05, 0.1) is 15.2 Å². The highest BCUT2D eigenvalue weighted by atomic mass is 32.1. The Hall–Kier alpha value is -0.166. The smallest absolute Gasteiger partial charge is 0.0811 e. The number of hydrogen-bond donors (Lipinski definition) is 0. The van der Waals surface area contributed by atoms with Crippen LogP contribution in [-0.4, -0.2) is 15.2 Å². The molecule has 0 atom stereocenters. The molecule has 96 valence electrons. The van der Waals surface area contributed by atoms with Crippen LogP contribution in [0.4, 0.5) is 0 Å². The Kier molecular flexibility index (Phi) is 2.63. The van der Waals surface area contributed by atoms with Gasteiger partial charge in [0.15, 0.2) is 0 Å². The molecule has 0 aliphatic carbocycles. The predicted molar refractivity (Wildman–Crippen MR) is 91.3 cm³/mol. The average molecular weight is 309 g/mol. The van der Waals surface area contributed by atoms with E-state index in [0.717, 1.165) is 0 Å². The van der Waals surface area contributed by atoms with Crippen molar-refractivity contribution >= 4 is 48.2 Å². The fraction of sp³-hybridized carbons (Fsp3) is 0.429. The van der Waals surface area contributed by atoms with Crippen LogP contribution < -0.4 is 10.4 Å². The van der Waals surface area contributed by atoms with E-state index in [0.29, 0.717) is 0 Å². The van der Waals surface area contributed by atoms with Gasteiger partial charge in [0.1, 0.15) is 0 Å². The Morgan fingerprint density at radius 3 is 1.39 bits per heavy atom. The standard InChI is InChI=1S/C14H20S2Si2/c1-9-7-11-13(15-9)14-12(8-10(2)16-14)18(5,6)17(11,3)4/h7-8H,1-6H3. The maximum Gasteiger partial charge on any atom is 0.0811 e. The first-order valence-electron chi connectivity index (χ1n) is 6.47. The molecule has 0 saturated heterocycles. The van der Waals surface area contributed by atoms with Gasteiger partial charge >= 0.3 is 0 Å². The number of rotatable bonds is 0. The van der Waals surface area contributed by atoms with Crippen LogP contribution in [0.2, 0.25) is 26.2 Å². The van der Waals surface area contributed by atoms with Crippen LogP contribution in [-0.2, 0) is 0 Å². The molecule has 2 aromatic heterocycles. The van der Waals surface area contributed by atoms with Crippen molar-refractivity contribution in [2.24, 2.45) is 0 Å². The normalized spacial score (nSPS) is 19.4. The molecule has 1 aliphatic rings. The summed E-state index contributed by atoms with van der Waals surface area (Å²) in [7, 11) is -2.60. The fourth-order valence-electron chi connectivity index (χ4n) is 2.97. The van der Waals surface area contributed by atoms with Crippen molar-refractivity contribution < 1.29 is 0 Å². The lowest BCUT2D eigenvalue weighted by Crippen LogP contribution is -2.71. The lowest BCUT2D eigenvalue weighted by Gasteiger charge is -2.42. The van der Waals surface area contributed by atoms with E-state index in [1.807, 2.05) is 22.7 Å². The van der Waals surface area contributed by atoms with Crippen molar-refractivity contribution in [3.8, 4) is 9.75 Å². The second kappa shape index (κ2) is 3.69. The highest BCUT2D eigenvalue weighted by molar-refractivity contribution is 7.53. The molecule has 2 aromatic rings. The molecule has 0 fully saturated rings. The summed E-state index contributed by atoms with van der Waals surface area (Å²) < 4.78 is 0. The van der Waals surface area contributed by atoms with Gasteiger partial charge in [-0.05, 0) is 36.4 Å². The van der Waals surface area contributed by atoms with Gasteiger partial charge in [0.25, 0.3) is 0 Å². The molecule has 0 aromatic carbocycles. The third kappa shape index (κ3) is 1.46. The summed E-state index contributed by atoms with van der Waals surface area (Å²) >= 11 is 4.03. The Morgan fingerprint density at radius 1 is 0.722 bits per heavy atom. The van der Waals surface area contributed by atoms with E-state index >= 15 is 0 Å². The monoisotopic (exact) mass is 308 g/mol. The lowest BCUT2D eigenvalue weighted by atomic mass is 10.3. The van der Waals surface area contributed by atoms with Gasteiger partial charge in [-0.3, -0.25) is 0 Å². The summed E-state index contributed by atoms with van der Waals surface area (Å²) in [6, 6.07) is 5.00. The van der Waals surface area contributed by atoms with Crippen molar-refractivity contribution in [3.05, 3.63) is 21.9 Å². The van der Waals surface area contributed by atoms with Gasteiger partial charge in [-0.1, -0.05) is 26.2 Å². The Morgan fingerprint density at radius 2 is 1.06 bits per heavy atom. The molecule has 18 heavy (non-hydrogen) atoms. The zero-order chi connectivity index (χ0) is 13.3. The SMILES string of the molecule is Cc1cc2c(s1)-c1sc(C)cc1[Si](C)(C)[Si]2(C)C. The maximum atomic E-state index is 2.60. The molecule has 0 amide bonds. The number of fused-ring (bicyclic) bond motifs is 3. The average Bonchev–Trinajstić information content (AvgIpc) is 2.80. The summed E-state index contributed by atoms with van der Waals surface area (Å²) in [4.78, 5) is 6.21. The first-order valence-corrected chi connectivity index (χ1v) is 15.1. The molecule has 0 bridgehead atoms. The van der Waals surface area contributed by atoms with Crippen LogP contribution in [0.5, 0.6) is 0 Å². The topological polar surface area (TPSA) is 0 Å². The van der Waals surface area contributed by atoms with Crippen LogP contribution >= 0.6 is 22.7 Å². The fourth-order valence-corrected chi connectivity index (χ4v) is 16.8. The van der Waals surface area contributed by atoms with Crippen molar-refractivity contribution in [1.82, 2.24) is 0 Å². The molecular formula is C14H20S2Si2. The summed E-state index contributed by atoms with van der Waals surface area (Å²) in [5.74, 6) is 0. The summed E-state index contributed by atoms with van der Waals surface area (Å²) in [5, 5.41) is 3.49. The third-order valence-electron chi connectivity index (χ3n) is 4.83. The number of aryl methyl sites for hydroxylation is 2. The Labute approximate surface area is 120 Å². The van der Waals surface area contributed by atoms with E-state index < -0.39 is 15.2 Å². The van der Waals surface area contributed by atoms with E-state index in [4.69, 9.17) is 0 Å². The van der Waals surface area contributed by atoms with Crippen molar-refractivity contribution in [2.75, 3.05) is 0 Å². The van der Waals surface area contributed by atoms with Crippen LogP contribution in [0.3, 0.4) is 0 Å². The van der Waals surface area contributed by atoms with Crippen molar-refractivity contribution in [2.45, 2.75) is 40.0 Å². The molecule has 0 radical (unpaired) electrons. The van der Waals surface area contributed by atoms with Crippen LogP contribution in [0, 0.1) is 13.8 Å². The van der Waals surface area contributed by atoms with Gasteiger partial charge in [-0.2, -0.15) is 0 Å². The molecule has 0 unspecified atom stereocenters. The number of hydrogen-bond acceptors (Lipinski definition) is 2. The maximum absolute atomic E-state index is 2.60. The van der Waals surface area contributed by atoms with Crippen LogP contribution in [0.25, 0.3) is 9.75 Å². The molecule has 3 rings (SSSR count). The first-order chi connectivity index (χ1) is 8.25. The first kappa shape index (κ1) is 12.8. The largest absolute Gasteiger partial charge is 0.140 e. The Bertz CT molecular complexity index is 576. The van der Waals surface area contributed by atoms with Crippen molar-refractivity contribution in [1.29, 1.82) is 0 Å². The second-order valence-electron chi connectivity index (χ2n) is 6.45. The molecule has 0 nitrogen and oxygen atoms in total. The predicted octanol–water partition coefficient (Wildman–Crippen LogP) is 4.02. The van der Waals surface area contributed by atoms with E-state index in [1.54, 1.807) is 20.1 Å². The zero-order valence-corrected chi connectivity index (χ0v) is 15.6. The quantitative estimate of drug-likeness (QED) is 0.645. The van der Waals surface area contributed by atoms with Gasteiger partial charge in [-0.15, -0.1) is 22.7 Å². The molecule has 0 spiro atoms. The molecule has 1 aliphatic heterocycles.